The molecule has 14 heavy (non-hydrogen) atoms. The number of rotatable bonds is 2. The Hall–Kier alpha value is -0.870. The Kier molecular flexibility index (Phi) is 2.84. The van der Waals surface area contributed by atoms with Crippen molar-refractivity contribution in [3.05, 3.63) is 39.1 Å². The summed E-state index contributed by atoms with van der Waals surface area (Å²) in [6.45, 7) is 2.05. The first-order valence-electron chi connectivity index (χ1n) is 4.17. The van der Waals surface area contributed by atoms with Crippen molar-refractivity contribution in [1.29, 1.82) is 0 Å². The molecule has 1 N–H and O–H groups in total. The average Bonchev–Trinajstić information content (AvgIpc) is 2.66. The molecular weight excluding hydrogens is 260 g/mol. The predicted octanol–water partition coefficient (Wildman–Crippen LogP) is 3.96. The van der Waals surface area contributed by atoms with Crippen LogP contribution in [0.5, 0.6) is 0 Å². The number of aromatic nitrogens is 1. The Morgan fingerprint density at radius 2 is 2.29 bits per heavy atom. The SMILES string of the molecule is Cc1ccnc(Nc2ccsc2)c1Br. The summed E-state index contributed by atoms with van der Waals surface area (Å²) in [5.41, 5.74) is 2.26. The summed E-state index contributed by atoms with van der Waals surface area (Å²) in [5.74, 6) is 0.864. The lowest BCUT2D eigenvalue weighted by atomic mass is 10.3. The first-order chi connectivity index (χ1) is 6.77. The van der Waals surface area contributed by atoms with Gasteiger partial charge in [0.25, 0.3) is 0 Å². The molecule has 0 aliphatic carbocycles. The molecule has 0 spiro atoms. The van der Waals surface area contributed by atoms with E-state index in [1.807, 2.05) is 24.4 Å². The van der Waals surface area contributed by atoms with E-state index in [1.54, 1.807) is 17.5 Å². The standard InChI is InChI=1S/C10H9BrN2S/c1-7-2-4-12-10(9(7)11)13-8-3-5-14-6-8/h2-6H,1H3,(H,12,13). The second kappa shape index (κ2) is 4.11. The molecule has 2 nitrogen and oxygen atoms in total. The van der Waals surface area contributed by atoms with E-state index in [-0.39, 0.29) is 0 Å². The van der Waals surface area contributed by atoms with E-state index in [9.17, 15) is 0 Å². The molecule has 2 aromatic heterocycles. The van der Waals surface area contributed by atoms with Gasteiger partial charge in [0.2, 0.25) is 0 Å². The Morgan fingerprint density at radius 3 is 3.00 bits per heavy atom. The van der Waals surface area contributed by atoms with Gasteiger partial charge in [0.05, 0.1) is 10.2 Å². The smallest absolute Gasteiger partial charge is 0.144 e. The van der Waals surface area contributed by atoms with Gasteiger partial charge in [0.1, 0.15) is 5.82 Å². The van der Waals surface area contributed by atoms with Crippen LogP contribution in [0.2, 0.25) is 0 Å². The molecule has 0 saturated carbocycles. The minimum atomic E-state index is 0.864. The van der Waals surface area contributed by atoms with Gasteiger partial charge >= 0.3 is 0 Å². The third-order valence-electron chi connectivity index (χ3n) is 1.87. The van der Waals surface area contributed by atoms with Gasteiger partial charge in [-0.2, -0.15) is 11.3 Å². The van der Waals surface area contributed by atoms with E-state index in [1.165, 1.54) is 5.56 Å². The van der Waals surface area contributed by atoms with E-state index in [0.29, 0.717) is 0 Å². The van der Waals surface area contributed by atoms with E-state index in [4.69, 9.17) is 0 Å². The molecule has 2 rings (SSSR count). The second-order valence-electron chi connectivity index (χ2n) is 2.93. The number of nitrogens with zero attached hydrogens (tertiary/aromatic N) is 1. The number of aryl methyl sites for hydroxylation is 1. The molecule has 0 aliphatic heterocycles. The maximum atomic E-state index is 4.26. The second-order valence-corrected chi connectivity index (χ2v) is 4.50. The quantitative estimate of drug-likeness (QED) is 0.892. The van der Waals surface area contributed by atoms with Gasteiger partial charge in [-0.05, 0) is 45.9 Å². The summed E-state index contributed by atoms with van der Waals surface area (Å²) in [6, 6.07) is 4.00. The summed E-state index contributed by atoms with van der Waals surface area (Å²) in [5, 5.41) is 7.33. The molecule has 0 radical (unpaired) electrons. The summed E-state index contributed by atoms with van der Waals surface area (Å²) < 4.78 is 1.02. The van der Waals surface area contributed by atoms with Crippen molar-refractivity contribution < 1.29 is 0 Å². The van der Waals surface area contributed by atoms with Crippen molar-refractivity contribution in [2.45, 2.75) is 6.92 Å². The number of thiophene rings is 1. The highest BCUT2D eigenvalue weighted by Gasteiger charge is 2.03. The summed E-state index contributed by atoms with van der Waals surface area (Å²) >= 11 is 5.17. The number of pyridine rings is 1. The maximum absolute atomic E-state index is 4.26. The molecule has 2 heterocycles. The van der Waals surface area contributed by atoms with Crippen LogP contribution in [0, 0.1) is 6.92 Å². The van der Waals surface area contributed by atoms with E-state index in [0.717, 1.165) is 16.0 Å². The monoisotopic (exact) mass is 268 g/mol. The highest BCUT2D eigenvalue weighted by Crippen LogP contribution is 2.26. The summed E-state index contributed by atoms with van der Waals surface area (Å²) in [7, 11) is 0. The Bertz CT molecular complexity index is 426. The lowest BCUT2D eigenvalue weighted by Gasteiger charge is -2.06. The molecule has 0 fully saturated rings. The fraction of sp³-hybridized carbons (Fsp3) is 0.100. The number of hydrogen-bond acceptors (Lipinski definition) is 3. The number of hydrogen-bond donors (Lipinski definition) is 1. The van der Waals surface area contributed by atoms with Crippen LogP contribution in [0.3, 0.4) is 0 Å². The molecule has 0 bridgehead atoms. The van der Waals surface area contributed by atoms with Crippen molar-refractivity contribution in [2.75, 3.05) is 5.32 Å². The van der Waals surface area contributed by atoms with Gasteiger partial charge in [-0.3, -0.25) is 0 Å². The van der Waals surface area contributed by atoms with Crippen LogP contribution in [0.15, 0.2) is 33.6 Å². The van der Waals surface area contributed by atoms with E-state index < -0.39 is 0 Å². The molecular formula is C10H9BrN2S. The zero-order valence-electron chi connectivity index (χ0n) is 7.62. The molecule has 0 aliphatic rings. The Morgan fingerprint density at radius 1 is 1.43 bits per heavy atom. The van der Waals surface area contributed by atoms with Crippen LogP contribution in [-0.4, -0.2) is 4.98 Å². The number of anilines is 2. The largest absolute Gasteiger partial charge is 0.339 e. The minimum absolute atomic E-state index is 0.864. The van der Waals surface area contributed by atoms with E-state index in [2.05, 4.69) is 31.6 Å². The van der Waals surface area contributed by atoms with Crippen LogP contribution in [0.4, 0.5) is 11.5 Å². The fourth-order valence-corrected chi connectivity index (χ4v) is 2.02. The molecule has 0 amide bonds. The van der Waals surface area contributed by atoms with Crippen molar-refractivity contribution in [2.24, 2.45) is 0 Å². The molecule has 0 unspecified atom stereocenters. The van der Waals surface area contributed by atoms with Crippen LogP contribution in [-0.2, 0) is 0 Å². The highest BCUT2D eigenvalue weighted by atomic mass is 79.9. The van der Waals surface area contributed by atoms with Crippen LogP contribution >= 0.6 is 27.3 Å². The summed E-state index contributed by atoms with van der Waals surface area (Å²) in [4.78, 5) is 4.26. The fourth-order valence-electron chi connectivity index (χ4n) is 1.10. The molecule has 2 aromatic rings. The van der Waals surface area contributed by atoms with Crippen LogP contribution in [0.1, 0.15) is 5.56 Å². The van der Waals surface area contributed by atoms with Crippen molar-refractivity contribution in [3.8, 4) is 0 Å². The Labute approximate surface area is 95.1 Å². The third-order valence-corrected chi connectivity index (χ3v) is 3.55. The van der Waals surface area contributed by atoms with Gasteiger partial charge in [-0.25, -0.2) is 4.98 Å². The predicted molar refractivity (Wildman–Crippen MR) is 64.3 cm³/mol. The topological polar surface area (TPSA) is 24.9 Å². The molecule has 4 heteroatoms. The third kappa shape index (κ3) is 1.96. The van der Waals surface area contributed by atoms with Crippen LogP contribution < -0.4 is 5.32 Å². The Balaban J connectivity index is 2.29. The lowest BCUT2D eigenvalue weighted by molar-refractivity contribution is 1.25. The molecule has 72 valence electrons. The number of nitrogens with one attached hydrogen (secondary N) is 1. The molecule has 0 saturated heterocycles. The maximum Gasteiger partial charge on any atom is 0.144 e. The summed E-state index contributed by atoms with van der Waals surface area (Å²) in [6.07, 6.45) is 1.80. The molecule has 0 atom stereocenters. The van der Waals surface area contributed by atoms with Gasteiger partial charge in [-0.15, -0.1) is 0 Å². The zero-order valence-corrected chi connectivity index (χ0v) is 10.0. The van der Waals surface area contributed by atoms with Gasteiger partial charge in [0.15, 0.2) is 0 Å². The average molecular weight is 269 g/mol. The highest BCUT2D eigenvalue weighted by molar-refractivity contribution is 9.10. The van der Waals surface area contributed by atoms with Crippen molar-refractivity contribution in [3.63, 3.8) is 0 Å². The lowest BCUT2D eigenvalue weighted by Crippen LogP contribution is -1.94. The van der Waals surface area contributed by atoms with Gasteiger partial charge < -0.3 is 5.32 Å². The van der Waals surface area contributed by atoms with Gasteiger partial charge in [0, 0.05) is 11.6 Å². The zero-order chi connectivity index (χ0) is 9.97. The number of halogens is 1. The van der Waals surface area contributed by atoms with Crippen LogP contribution in [0.25, 0.3) is 0 Å². The van der Waals surface area contributed by atoms with Crippen molar-refractivity contribution in [1.82, 2.24) is 4.98 Å². The first-order valence-corrected chi connectivity index (χ1v) is 5.91. The van der Waals surface area contributed by atoms with Crippen molar-refractivity contribution >= 4 is 38.8 Å². The van der Waals surface area contributed by atoms with E-state index >= 15 is 0 Å². The van der Waals surface area contributed by atoms with Gasteiger partial charge in [-0.1, -0.05) is 0 Å². The first kappa shape index (κ1) is 9.68. The minimum Gasteiger partial charge on any atom is -0.339 e. The molecule has 0 aromatic carbocycles. The normalized spacial score (nSPS) is 10.1.